The molecule has 0 atom stereocenters. The monoisotopic (exact) mass is 367 g/mol. The Morgan fingerprint density at radius 3 is 3.05 bits per heavy atom. The second-order valence-corrected chi connectivity index (χ2v) is 6.27. The zero-order valence-corrected chi connectivity index (χ0v) is 14.4. The number of piperidine rings is 1. The highest BCUT2D eigenvalue weighted by Gasteiger charge is 2.16. The zero-order valence-electron chi connectivity index (χ0n) is 12.9. The van der Waals surface area contributed by atoms with Crippen LogP contribution in [-0.4, -0.2) is 40.4 Å². The predicted octanol–water partition coefficient (Wildman–Crippen LogP) is 3.00. The lowest BCUT2D eigenvalue weighted by atomic mass is 10.1. The fourth-order valence-electron chi connectivity index (χ4n) is 2.32. The summed E-state index contributed by atoms with van der Waals surface area (Å²) in [6.07, 6.45) is 5.44. The van der Waals surface area contributed by atoms with Gasteiger partial charge in [-0.3, -0.25) is 4.79 Å². The van der Waals surface area contributed by atoms with Crippen LogP contribution in [0, 0.1) is 0 Å². The lowest BCUT2D eigenvalue weighted by molar-refractivity contribution is -0.133. The standard InChI is InChI=1S/C15H22BrN5O/c1-11(2)19-15-18-10-12(16)14(20-15)17-7-5-9-21-8-4-3-6-13(21)22/h10H,1,3-9H2,2H3,(H2,17,18,19,20). The third kappa shape index (κ3) is 4.98. The number of carbonyl (C=O) groups excluding carboxylic acids is 1. The lowest BCUT2D eigenvalue weighted by Gasteiger charge is -2.26. The maximum absolute atomic E-state index is 11.7. The first-order valence-electron chi connectivity index (χ1n) is 7.53. The molecule has 0 saturated carbocycles. The van der Waals surface area contributed by atoms with Crippen molar-refractivity contribution in [3.05, 3.63) is 22.9 Å². The van der Waals surface area contributed by atoms with Gasteiger partial charge in [0.1, 0.15) is 5.82 Å². The molecule has 1 aliphatic heterocycles. The van der Waals surface area contributed by atoms with Crippen molar-refractivity contribution in [2.45, 2.75) is 32.6 Å². The number of hydrogen-bond donors (Lipinski definition) is 2. The number of likely N-dealkylation sites (tertiary alicyclic amines) is 1. The van der Waals surface area contributed by atoms with Crippen molar-refractivity contribution in [3.8, 4) is 0 Å². The topological polar surface area (TPSA) is 70.2 Å². The predicted molar refractivity (Wildman–Crippen MR) is 91.7 cm³/mol. The van der Waals surface area contributed by atoms with Crippen LogP contribution in [0.4, 0.5) is 11.8 Å². The van der Waals surface area contributed by atoms with Gasteiger partial charge in [0.2, 0.25) is 11.9 Å². The van der Waals surface area contributed by atoms with Crippen molar-refractivity contribution in [2.24, 2.45) is 0 Å². The summed E-state index contributed by atoms with van der Waals surface area (Å²) in [5, 5.41) is 6.27. The maximum atomic E-state index is 11.7. The van der Waals surface area contributed by atoms with Crippen molar-refractivity contribution >= 4 is 33.6 Å². The Morgan fingerprint density at radius 1 is 1.50 bits per heavy atom. The molecule has 0 aliphatic carbocycles. The van der Waals surface area contributed by atoms with Gasteiger partial charge in [0.15, 0.2) is 0 Å². The number of carbonyl (C=O) groups is 1. The second kappa shape index (κ2) is 8.12. The van der Waals surface area contributed by atoms with E-state index >= 15 is 0 Å². The van der Waals surface area contributed by atoms with E-state index in [0.717, 1.165) is 54.9 Å². The van der Waals surface area contributed by atoms with Gasteiger partial charge < -0.3 is 15.5 Å². The number of amides is 1. The van der Waals surface area contributed by atoms with E-state index in [1.165, 1.54) is 0 Å². The van der Waals surface area contributed by atoms with Gasteiger partial charge in [-0.2, -0.15) is 4.98 Å². The quantitative estimate of drug-likeness (QED) is 0.724. The minimum Gasteiger partial charge on any atom is -0.369 e. The Morgan fingerprint density at radius 2 is 2.32 bits per heavy atom. The summed E-state index contributed by atoms with van der Waals surface area (Å²) in [5.41, 5.74) is 0.789. The first kappa shape index (κ1) is 16.7. The molecule has 7 heteroatoms. The van der Waals surface area contributed by atoms with Crippen molar-refractivity contribution < 1.29 is 4.79 Å². The summed E-state index contributed by atoms with van der Waals surface area (Å²) >= 11 is 3.43. The van der Waals surface area contributed by atoms with Crippen LogP contribution in [0.3, 0.4) is 0 Å². The molecule has 0 bridgehead atoms. The second-order valence-electron chi connectivity index (χ2n) is 5.41. The van der Waals surface area contributed by atoms with E-state index < -0.39 is 0 Å². The molecule has 2 heterocycles. The highest BCUT2D eigenvalue weighted by atomic mass is 79.9. The van der Waals surface area contributed by atoms with Crippen molar-refractivity contribution in [3.63, 3.8) is 0 Å². The van der Waals surface area contributed by atoms with Crippen LogP contribution in [0.15, 0.2) is 22.9 Å². The highest BCUT2D eigenvalue weighted by Crippen LogP contribution is 2.20. The molecule has 0 aromatic carbocycles. The van der Waals surface area contributed by atoms with Crippen LogP contribution < -0.4 is 10.6 Å². The molecule has 22 heavy (non-hydrogen) atoms. The molecule has 6 nitrogen and oxygen atoms in total. The number of halogens is 1. The van der Waals surface area contributed by atoms with Crippen molar-refractivity contribution in [2.75, 3.05) is 30.3 Å². The summed E-state index contributed by atoms with van der Waals surface area (Å²) in [6, 6.07) is 0. The van der Waals surface area contributed by atoms with Gasteiger partial charge in [-0.15, -0.1) is 0 Å². The maximum Gasteiger partial charge on any atom is 0.228 e. The molecule has 2 rings (SSSR count). The van der Waals surface area contributed by atoms with E-state index in [2.05, 4.69) is 43.1 Å². The Labute approximate surface area is 139 Å². The van der Waals surface area contributed by atoms with Crippen LogP contribution in [0.1, 0.15) is 32.6 Å². The van der Waals surface area contributed by atoms with Gasteiger partial charge in [-0.25, -0.2) is 4.98 Å². The van der Waals surface area contributed by atoms with Gasteiger partial charge >= 0.3 is 0 Å². The number of hydrogen-bond acceptors (Lipinski definition) is 5. The summed E-state index contributed by atoms with van der Waals surface area (Å²) < 4.78 is 0.814. The van der Waals surface area contributed by atoms with Gasteiger partial charge in [-0.05, 0) is 42.1 Å². The average Bonchev–Trinajstić information content (AvgIpc) is 2.48. The molecule has 1 saturated heterocycles. The summed E-state index contributed by atoms with van der Waals surface area (Å²) in [7, 11) is 0. The van der Waals surface area contributed by atoms with Crippen LogP contribution in [0.5, 0.6) is 0 Å². The van der Waals surface area contributed by atoms with E-state index in [0.29, 0.717) is 12.4 Å². The third-order valence-corrected chi connectivity index (χ3v) is 3.97. The van der Waals surface area contributed by atoms with Crippen LogP contribution >= 0.6 is 15.9 Å². The Kier molecular flexibility index (Phi) is 6.18. The minimum atomic E-state index is 0.280. The first-order valence-corrected chi connectivity index (χ1v) is 8.32. The molecule has 1 amide bonds. The highest BCUT2D eigenvalue weighted by molar-refractivity contribution is 9.10. The molecule has 0 radical (unpaired) electrons. The fraction of sp³-hybridized carbons (Fsp3) is 0.533. The number of allylic oxidation sites excluding steroid dienone is 1. The number of rotatable bonds is 7. The SMILES string of the molecule is C=C(C)Nc1ncc(Br)c(NCCCN2CCCCC2=O)n1. The summed E-state index contributed by atoms with van der Waals surface area (Å²) in [4.78, 5) is 22.2. The van der Waals surface area contributed by atoms with E-state index in [1.807, 2.05) is 11.8 Å². The van der Waals surface area contributed by atoms with E-state index in [-0.39, 0.29) is 5.91 Å². The molecule has 1 aromatic heterocycles. The fourth-order valence-corrected chi connectivity index (χ4v) is 2.65. The zero-order chi connectivity index (χ0) is 15.9. The van der Waals surface area contributed by atoms with Crippen molar-refractivity contribution in [1.29, 1.82) is 0 Å². The van der Waals surface area contributed by atoms with Gasteiger partial charge in [0.05, 0.1) is 4.47 Å². The van der Waals surface area contributed by atoms with Gasteiger partial charge in [0.25, 0.3) is 0 Å². The molecule has 0 spiro atoms. The van der Waals surface area contributed by atoms with Gasteiger partial charge in [-0.1, -0.05) is 6.58 Å². The number of nitrogens with zero attached hydrogens (tertiary/aromatic N) is 3. The normalized spacial score (nSPS) is 14.8. The lowest BCUT2D eigenvalue weighted by Crippen LogP contribution is -2.36. The number of aromatic nitrogens is 2. The molecule has 0 unspecified atom stereocenters. The summed E-state index contributed by atoms with van der Waals surface area (Å²) in [6.45, 7) is 8.08. The van der Waals surface area contributed by atoms with E-state index in [1.54, 1.807) is 6.20 Å². The molecular formula is C15H22BrN5O. The average molecular weight is 368 g/mol. The smallest absolute Gasteiger partial charge is 0.228 e. The molecule has 120 valence electrons. The molecule has 1 aromatic rings. The Bertz CT molecular complexity index is 549. The first-order chi connectivity index (χ1) is 10.6. The largest absolute Gasteiger partial charge is 0.369 e. The van der Waals surface area contributed by atoms with Crippen LogP contribution in [0.2, 0.25) is 0 Å². The molecule has 1 aliphatic rings. The van der Waals surface area contributed by atoms with Crippen molar-refractivity contribution in [1.82, 2.24) is 14.9 Å². The Balaban J connectivity index is 1.80. The molecule has 2 N–H and O–H groups in total. The Hall–Kier alpha value is -1.63. The third-order valence-electron chi connectivity index (χ3n) is 3.39. The number of anilines is 2. The van der Waals surface area contributed by atoms with Gasteiger partial charge in [0, 0.05) is 37.9 Å². The molecular weight excluding hydrogens is 346 g/mol. The van der Waals surface area contributed by atoms with Crippen LogP contribution in [-0.2, 0) is 4.79 Å². The van der Waals surface area contributed by atoms with E-state index in [9.17, 15) is 4.79 Å². The summed E-state index contributed by atoms with van der Waals surface area (Å²) in [5.74, 6) is 1.54. The van der Waals surface area contributed by atoms with Crippen LogP contribution in [0.25, 0.3) is 0 Å². The minimum absolute atomic E-state index is 0.280. The van der Waals surface area contributed by atoms with E-state index in [4.69, 9.17) is 0 Å². The number of nitrogens with one attached hydrogen (secondary N) is 2. The molecule has 1 fully saturated rings.